The number of para-hydroxylation sites is 1. The Balaban J connectivity index is 1.86. The van der Waals surface area contributed by atoms with E-state index in [1.165, 1.54) is 0 Å². The first-order valence-electron chi connectivity index (χ1n) is 8.38. The lowest BCUT2D eigenvalue weighted by molar-refractivity contribution is -0.126. The largest absolute Gasteiger partial charge is 0.493 e. The van der Waals surface area contributed by atoms with Gasteiger partial charge in [0.05, 0.1) is 20.8 Å². The van der Waals surface area contributed by atoms with E-state index in [2.05, 4.69) is 16.3 Å². The highest BCUT2D eigenvalue weighted by molar-refractivity contribution is 5.78. The molecule has 0 unspecified atom stereocenters. The summed E-state index contributed by atoms with van der Waals surface area (Å²) in [5, 5.41) is 2.93. The summed E-state index contributed by atoms with van der Waals surface area (Å²) in [4.78, 5) is 14.5. The highest BCUT2D eigenvalue weighted by Gasteiger charge is 2.25. The first-order chi connectivity index (χ1) is 11.7. The fourth-order valence-electron chi connectivity index (χ4n) is 3.09. The molecule has 24 heavy (non-hydrogen) atoms. The average molecular weight is 336 g/mol. The predicted octanol–water partition coefficient (Wildman–Crippen LogP) is 1.68. The molecule has 1 aliphatic heterocycles. The smallest absolute Gasteiger partial charge is 0.223 e. The van der Waals surface area contributed by atoms with Gasteiger partial charge >= 0.3 is 0 Å². The summed E-state index contributed by atoms with van der Waals surface area (Å²) in [6, 6.07) is 5.94. The Morgan fingerprint density at radius 2 is 1.96 bits per heavy atom. The summed E-state index contributed by atoms with van der Waals surface area (Å²) >= 11 is 0. The van der Waals surface area contributed by atoms with E-state index >= 15 is 0 Å². The molecular formula is C18H28N2O4. The molecular weight excluding hydrogens is 308 g/mol. The Kier molecular flexibility index (Phi) is 7.34. The van der Waals surface area contributed by atoms with E-state index in [1.807, 2.05) is 12.1 Å². The molecule has 1 fully saturated rings. The van der Waals surface area contributed by atoms with Crippen LogP contribution < -0.4 is 14.8 Å². The highest BCUT2D eigenvalue weighted by Crippen LogP contribution is 2.32. The van der Waals surface area contributed by atoms with Crippen molar-refractivity contribution in [3.05, 3.63) is 23.8 Å². The van der Waals surface area contributed by atoms with Gasteiger partial charge in [-0.15, -0.1) is 0 Å². The maximum absolute atomic E-state index is 12.1. The molecule has 0 atom stereocenters. The number of carbonyl (C=O) groups is 1. The monoisotopic (exact) mass is 336 g/mol. The lowest BCUT2D eigenvalue weighted by Gasteiger charge is -2.31. The number of hydrogen-bond acceptors (Lipinski definition) is 5. The van der Waals surface area contributed by atoms with Gasteiger partial charge < -0.3 is 19.5 Å². The van der Waals surface area contributed by atoms with Crippen molar-refractivity contribution in [2.24, 2.45) is 5.92 Å². The topological polar surface area (TPSA) is 60.0 Å². The number of ether oxygens (including phenoxy) is 3. The Bertz CT molecular complexity index is 528. The summed E-state index contributed by atoms with van der Waals surface area (Å²) in [5.74, 6) is 1.79. The molecule has 0 spiro atoms. The second-order valence-electron chi connectivity index (χ2n) is 5.99. The maximum Gasteiger partial charge on any atom is 0.223 e. The number of benzene rings is 1. The third-order valence-electron chi connectivity index (χ3n) is 4.44. The number of nitrogens with one attached hydrogen (secondary N) is 1. The third-order valence-corrected chi connectivity index (χ3v) is 4.44. The van der Waals surface area contributed by atoms with E-state index in [1.54, 1.807) is 21.3 Å². The van der Waals surface area contributed by atoms with E-state index in [-0.39, 0.29) is 11.8 Å². The van der Waals surface area contributed by atoms with Crippen LogP contribution in [-0.2, 0) is 16.1 Å². The quantitative estimate of drug-likeness (QED) is 0.732. The number of methoxy groups -OCH3 is 3. The molecule has 1 aromatic rings. The Morgan fingerprint density at radius 3 is 2.58 bits per heavy atom. The predicted molar refractivity (Wildman–Crippen MR) is 92.4 cm³/mol. The average Bonchev–Trinajstić information content (AvgIpc) is 2.62. The van der Waals surface area contributed by atoms with Crippen LogP contribution in [0.15, 0.2) is 18.2 Å². The highest BCUT2D eigenvalue weighted by atomic mass is 16.5. The van der Waals surface area contributed by atoms with Crippen molar-refractivity contribution in [2.75, 3.05) is 47.6 Å². The molecule has 1 amide bonds. The minimum atomic E-state index is 0.102. The molecule has 1 N–H and O–H groups in total. The van der Waals surface area contributed by atoms with Crippen molar-refractivity contribution in [1.82, 2.24) is 10.2 Å². The maximum atomic E-state index is 12.1. The fraction of sp³-hybridized carbons (Fsp3) is 0.611. The molecule has 1 saturated heterocycles. The molecule has 2 rings (SSSR count). The zero-order valence-electron chi connectivity index (χ0n) is 14.8. The number of piperidine rings is 1. The van der Waals surface area contributed by atoms with Gasteiger partial charge in [0, 0.05) is 31.7 Å². The second kappa shape index (κ2) is 9.49. The Labute approximate surface area is 144 Å². The molecule has 1 aliphatic rings. The van der Waals surface area contributed by atoms with Crippen LogP contribution in [0.3, 0.4) is 0 Å². The summed E-state index contributed by atoms with van der Waals surface area (Å²) < 4.78 is 15.8. The summed E-state index contributed by atoms with van der Waals surface area (Å²) in [6.45, 7) is 3.75. The Morgan fingerprint density at radius 1 is 1.21 bits per heavy atom. The molecule has 6 nitrogen and oxygen atoms in total. The first kappa shape index (κ1) is 18.5. The van der Waals surface area contributed by atoms with E-state index in [9.17, 15) is 4.79 Å². The molecule has 6 heteroatoms. The normalized spacial score (nSPS) is 16.0. The van der Waals surface area contributed by atoms with E-state index in [4.69, 9.17) is 14.2 Å². The zero-order chi connectivity index (χ0) is 17.4. The molecule has 0 saturated carbocycles. The van der Waals surface area contributed by atoms with E-state index in [0.717, 1.165) is 49.5 Å². The summed E-state index contributed by atoms with van der Waals surface area (Å²) in [5.41, 5.74) is 1.11. The molecule has 0 aromatic heterocycles. The van der Waals surface area contributed by atoms with Gasteiger partial charge in [0.1, 0.15) is 0 Å². The molecule has 134 valence electrons. The van der Waals surface area contributed by atoms with Gasteiger partial charge in [-0.3, -0.25) is 9.69 Å². The number of rotatable bonds is 8. The minimum absolute atomic E-state index is 0.102. The van der Waals surface area contributed by atoms with Crippen LogP contribution in [0, 0.1) is 5.92 Å². The lowest BCUT2D eigenvalue weighted by Crippen LogP contribution is -2.41. The van der Waals surface area contributed by atoms with Crippen molar-refractivity contribution in [3.8, 4) is 11.5 Å². The third kappa shape index (κ3) is 4.85. The van der Waals surface area contributed by atoms with Crippen molar-refractivity contribution >= 4 is 5.91 Å². The molecule has 0 aliphatic carbocycles. The van der Waals surface area contributed by atoms with Crippen LogP contribution >= 0.6 is 0 Å². The van der Waals surface area contributed by atoms with Gasteiger partial charge in [-0.1, -0.05) is 12.1 Å². The van der Waals surface area contributed by atoms with Crippen LogP contribution in [0.4, 0.5) is 0 Å². The summed E-state index contributed by atoms with van der Waals surface area (Å²) in [7, 11) is 4.95. The van der Waals surface area contributed by atoms with Crippen LogP contribution in [0.2, 0.25) is 0 Å². The number of likely N-dealkylation sites (tertiary alicyclic amines) is 1. The van der Waals surface area contributed by atoms with Gasteiger partial charge in [0.25, 0.3) is 0 Å². The Hall–Kier alpha value is -1.79. The fourth-order valence-corrected chi connectivity index (χ4v) is 3.09. The van der Waals surface area contributed by atoms with Crippen LogP contribution in [0.25, 0.3) is 0 Å². The van der Waals surface area contributed by atoms with Gasteiger partial charge in [-0.2, -0.15) is 0 Å². The number of hydrogen-bond donors (Lipinski definition) is 1. The SMILES string of the molecule is COCCNC(=O)C1CCN(Cc2cccc(OC)c2OC)CC1. The van der Waals surface area contributed by atoms with Gasteiger partial charge in [0.15, 0.2) is 11.5 Å². The van der Waals surface area contributed by atoms with Crippen molar-refractivity contribution in [3.63, 3.8) is 0 Å². The van der Waals surface area contributed by atoms with Gasteiger partial charge in [-0.25, -0.2) is 0 Å². The molecule has 1 heterocycles. The van der Waals surface area contributed by atoms with Gasteiger partial charge in [-0.05, 0) is 32.0 Å². The lowest BCUT2D eigenvalue weighted by atomic mass is 9.95. The molecule has 0 bridgehead atoms. The summed E-state index contributed by atoms with van der Waals surface area (Å²) in [6.07, 6.45) is 1.76. The number of carbonyl (C=O) groups excluding carboxylic acids is 1. The van der Waals surface area contributed by atoms with Crippen molar-refractivity contribution < 1.29 is 19.0 Å². The van der Waals surface area contributed by atoms with E-state index in [0.29, 0.717) is 13.2 Å². The van der Waals surface area contributed by atoms with Gasteiger partial charge in [0.2, 0.25) is 5.91 Å². The first-order valence-corrected chi connectivity index (χ1v) is 8.38. The second-order valence-corrected chi connectivity index (χ2v) is 5.99. The van der Waals surface area contributed by atoms with E-state index < -0.39 is 0 Å². The molecule has 1 aromatic carbocycles. The molecule has 0 radical (unpaired) electrons. The van der Waals surface area contributed by atoms with Crippen molar-refractivity contribution in [2.45, 2.75) is 19.4 Å². The van der Waals surface area contributed by atoms with Crippen LogP contribution in [0.1, 0.15) is 18.4 Å². The number of amides is 1. The van der Waals surface area contributed by atoms with Crippen molar-refractivity contribution in [1.29, 1.82) is 0 Å². The zero-order valence-corrected chi connectivity index (χ0v) is 14.8. The van der Waals surface area contributed by atoms with Crippen LogP contribution in [-0.4, -0.2) is 58.4 Å². The standard InChI is InChI=1S/C18H28N2O4/c1-22-12-9-19-18(21)14-7-10-20(11-8-14)13-15-5-4-6-16(23-2)17(15)24-3/h4-6,14H,7-13H2,1-3H3,(H,19,21). The number of nitrogens with zero attached hydrogens (tertiary/aromatic N) is 1. The minimum Gasteiger partial charge on any atom is -0.493 e. The van der Waals surface area contributed by atoms with Crippen LogP contribution in [0.5, 0.6) is 11.5 Å².